The smallest absolute Gasteiger partial charge is 0.462 e. The van der Waals surface area contributed by atoms with Gasteiger partial charge >= 0.3 is 126 Å². The molecule has 6 rings (SSSR count). The number of hydrogen-bond donors (Lipinski definition) is 0. The summed E-state index contributed by atoms with van der Waals surface area (Å²) >= 11 is 0. The zero-order chi connectivity index (χ0) is 108. The summed E-state index contributed by atoms with van der Waals surface area (Å²) < 4.78 is 594. The molecule has 0 radical (unpaired) electrons. The van der Waals surface area contributed by atoms with E-state index in [2.05, 4.69) is 61.8 Å². The van der Waals surface area contributed by atoms with E-state index >= 15 is 0 Å². The van der Waals surface area contributed by atoms with Crippen LogP contribution in [0.4, 0.5) is 198 Å². The first-order valence-electron chi connectivity index (χ1n) is 36.0. The molecule has 6 aromatic carbocycles. The van der Waals surface area contributed by atoms with Gasteiger partial charge in [0, 0.05) is 63.0 Å². The molecule has 0 spiro atoms. The van der Waals surface area contributed by atoms with E-state index in [1.807, 2.05) is 53.3 Å². The standard InChI is InChI=1S/C18H22O2.C16H14O3.C14H12O2.C10H5F17O3.C8H5F13O.C7H5F11O2.C5H8F4O/c1-5-18(2,14-6-10-16(19-3)11-7-14)15-8-12-17(20-4)13-9-15;1-11(17)13-3-7-15(8-4-13)19-16-9-5-14(6-10-16)12(2)18;1-9(15)11-3-5-14-8-12(10(2)16)4-6-13(14)7-11;1-28-2-3(11,6(15,16)17)29-10(26,27)5(14,8(21,22)23)30-9(24,25)4(12,13)7(18,19)20;1-22-2-3(9,10)4(11,12)5(13,14)6(15,16)7(17,18)8(19,20)21;1-19-2-3(8,5(11,12)13)20-7(17,18)4(9,10)6(14,15)16;1-4(6,7)5(8,9)3-10-2/h6-13H,5H2,1-4H3;3-10H,1-2H3;3-8H,1-2H3;2H2,1H3;2H2,1H3;2H2,1H3;3H2,1-2H3. The van der Waals surface area contributed by atoms with Gasteiger partial charge in [0.15, 0.2) is 23.1 Å². The maximum absolute atomic E-state index is 13.7. The molecule has 0 fully saturated rings. The van der Waals surface area contributed by atoms with Crippen LogP contribution in [-0.4, -0.2) is 218 Å². The SMILES string of the molecule is CC(=O)c1ccc(Oc2ccc(C(C)=O)cc2)cc1.CC(=O)c1ccc2cc(C(C)=O)ccc2c1.CCC(C)(c1ccc(OC)cc1)c1ccc(OC)cc1.COCC(F)(F)C(C)(F)F.COCC(F)(F)C(F)(F)C(F)(F)C(F)(F)C(F)(F)C(F)(F)F.COCC(F)(OC(F)(F)C(F)(F)C(F)(F)F)C(F)(F)F.COCC(F)(OC(F)(F)C(F)(OC(F)(F)C(F)(F)C(F)(F)F)C(F)(F)F)C(F)(F)F. The Morgan fingerprint density at radius 3 is 0.752 bits per heavy atom. The van der Waals surface area contributed by atoms with Gasteiger partial charge in [0.2, 0.25) is 0 Å². The van der Waals surface area contributed by atoms with Gasteiger partial charge in [-0.15, -0.1) is 0 Å². The Labute approximate surface area is 742 Å². The fraction of sp³-hybridized carbons (Fsp3) is 0.513. The lowest BCUT2D eigenvalue weighted by Crippen LogP contribution is -2.70. The van der Waals surface area contributed by atoms with Gasteiger partial charge in [-0.1, -0.05) is 62.4 Å². The Balaban J connectivity index is 0.00000160. The average molecular weight is 2090 g/mol. The zero-order valence-corrected chi connectivity index (χ0v) is 71.0. The molecule has 0 heterocycles. The predicted molar refractivity (Wildman–Crippen MR) is 383 cm³/mol. The summed E-state index contributed by atoms with van der Waals surface area (Å²) in [5, 5.41) is 1.97. The molecule has 59 heteroatoms. The third-order valence-electron chi connectivity index (χ3n) is 17.4. The lowest BCUT2D eigenvalue weighted by Gasteiger charge is -2.40. The molecule has 0 aliphatic carbocycles. The van der Waals surface area contributed by atoms with Crippen molar-refractivity contribution in [2.75, 3.05) is 69.1 Å². The molecular formula is C78H71F45O14. The lowest BCUT2D eigenvalue weighted by molar-refractivity contribution is -0.553. The number of ketones is 4. The molecule has 0 N–H and O–H groups in total. The van der Waals surface area contributed by atoms with E-state index < -0.39 is 153 Å². The number of Topliss-reactive ketones (excluding diaryl/α,β-unsaturated/α-hetero) is 4. The van der Waals surface area contributed by atoms with Crippen LogP contribution in [0.25, 0.3) is 10.8 Å². The minimum absolute atomic E-state index is 0.00145. The van der Waals surface area contributed by atoms with Crippen LogP contribution in [-0.2, 0) is 38.6 Å². The summed E-state index contributed by atoms with van der Waals surface area (Å²) in [6.45, 7) is 1.73. The molecule has 6 aromatic rings. The second kappa shape index (κ2) is 46.1. The monoisotopic (exact) mass is 2090 g/mol. The number of ether oxygens (including phenoxy) is 10. The van der Waals surface area contributed by atoms with Crippen LogP contribution in [0.3, 0.4) is 0 Å². The Kier molecular flexibility index (Phi) is 42.8. The summed E-state index contributed by atoms with van der Waals surface area (Å²) in [7, 11) is 5.02. The van der Waals surface area contributed by atoms with E-state index in [1.165, 1.54) is 29.7 Å². The molecule has 0 bridgehead atoms. The van der Waals surface area contributed by atoms with Gasteiger partial charge in [0.1, 0.15) is 49.4 Å². The Morgan fingerprint density at radius 2 is 0.518 bits per heavy atom. The van der Waals surface area contributed by atoms with Crippen LogP contribution in [0.5, 0.6) is 23.0 Å². The second-order valence-corrected chi connectivity index (χ2v) is 27.7. The number of benzene rings is 6. The maximum atomic E-state index is 13.7. The van der Waals surface area contributed by atoms with Gasteiger partial charge in [0.05, 0.1) is 14.2 Å². The molecule has 0 aliphatic heterocycles. The van der Waals surface area contributed by atoms with Crippen LogP contribution >= 0.6 is 0 Å². The van der Waals surface area contributed by atoms with Crippen LogP contribution < -0.4 is 14.2 Å². The number of hydrogen-bond acceptors (Lipinski definition) is 14. The molecule has 0 saturated carbocycles. The van der Waals surface area contributed by atoms with Crippen molar-refractivity contribution in [2.45, 2.75) is 187 Å². The van der Waals surface area contributed by atoms with E-state index in [1.54, 1.807) is 88.7 Å². The third kappa shape index (κ3) is 30.9. The summed E-state index contributed by atoms with van der Waals surface area (Å²) in [5.41, 5.74) is 5.29. The second-order valence-electron chi connectivity index (χ2n) is 27.7. The predicted octanol–water partition coefficient (Wildman–Crippen LogP) is 27.0. The molecule has 782 valence electrons. The minimum atomic E-state index is -7.87. The largest absolute Gasteiger partial charge is 0.497 e. The molecular weight excluding hydrogens is 2020 g/mol. The van der Waals surface area contributed by atoms with E-state index in [4.69, 9.17) is 14.2 Å². The highest BCUT2D eigenvalue weighted by atomic mass is 19.5. The summed E-state index contributed by atoms with van der Waals surface area (Å²) in [5.74, 6) is -75.9. The third-order valence-corrected chi connectivity index (χ3v) is 17.4. The first-order valence-corrected chi connectivity index (χ1v) is 36.0. The van der Waals surface area contributed by atoms with Crippen molar-refractivity contribution in [3.05, 3.63) is 167 Å². The number of halogens is 45. The number of alkyl halides is 45. The van der Waals surface area contributed by atoms with E-state index in [-0.39, 0.29) is 49.7 Å². The molecule has 137 heavy (non-hydrogen) atoms. The highest BCUT2D eigenvalue weighted by Gasteiger charge is 2.91. The van der Waals surface area contributed by atoms with Crippen LogP contribution in [0.2, 0.25) is 0 Å². The topological polar surface area (TPSA) is 161 Å². The van der Waals surface area contributed by atoms with Crippen molar-refractivity contribution in [1.29, 1.82) is 0 Å². The van der Waals surface area contributed by atoms with Crippen molar-refractivity contribution in [3.8, 4) is 23.0 Å². The molecule has 0 saturated heterocycles. The van der Waals surface area contributed by atoms with Crippen LogP contribution in [0.15, 0.2) is 133 Å². The van der Waals surface area contributed by atoms with Gasteiger partial charge in [-0.25, -0.2) is 8.78 Å². The number of fused-ring (bicyclic) bond motifs is 1. The molecule has 0 aliphatic rings. The first kappa shape index (κ1) is 127. The van der Waals surface area contributed by atoms with Crippen molar-refractivity contribution >= 4 is 33.9 Å². The molecule has 14 nitrogen and oxygen atoms in total. The number of carbonyl (C=O) groups is 4. The zero-order valence-electron chi connectivity index (χ0n) is 71.0. The quantitative estimate of drug-likeness (QED) is 0.0283. The van der Waals surface area contributed by atoms with Gasteiger partial charge in [-0.3, -0.25) is 33.4 Å². The Hall–Kier alpha value is -9.77. The van der Waals surface area contributed by atoms with Gasteiger partial charge < -0.3 is 33.2 Å². The summed E-state index contributed by atoms with van der Waals surface area (Å²) in [4.78, 5) is 44.7. The minimum Gasteiger partial charge on any atom is -0.497 e. The van der Waals surface area contributed by atoms with E-state index in [0.29, 0.717) is 40.9 Å². The lowest BCUT2D eigenvalue weighted by atomic mass is 9.74. The first-order chi connectivity index (χ1) is 61.1. The van der Waals surface area contributed by atoms with Crippen LogP contribution in [0, 0.1) is 0 Å². The van der Waals surface area contributed by atoms with Crippen molar-refractivity contribution < 1.29 is 264 Å². The molecule has 3 unspecified atom stereocenters. The number of rotatable bonds is 33. The fourth-order valence-corrected chi connectivity index (χ4v) is 9.31. The highest BCUT2D eigenvalue weighted by Crippen LogP contribution is 2.62. The normalized spacial score (nSPS) is 14.7. The van der Waals surface area contributed by atoms with Gasteiger partial charge in [0.25, 0.3) is 0 Å². The average Bonchev–Trinajstić information content (AvgIpc) is 0.715. The van der Waals surface area contributed by atoms with Crippen molar-refractivity contribution in [1.82, 2.24) is 0 Å². The number of methoxy groups -OCH3 is 6. The molecule has 0 aromatic heterocycles. The highest BCUT2D eigenvalue weighted by molar-refractivity contribution is 6.02. The van der Waals surface area contributed by atoms with E-state index in [0.717, 1.165) is 35.8 Å². The maximum Gasteiger partial charge on any atom is 0.462 e. The summed E-state index contributed by atoms with van der Waals surface area (Å²) in [6.07, 6.45) is -64.1. The Bertz CT molecular complexity index is 4660. The van der Waals surface area contributed by atoms with Crippen LogP contribution in [0.1, 0.15) is 107 Å². The fourth-order valence-electron chi connectivity index (χ4n) is 9.31. The van der Waals surface area contributed by atoms with Crippen molar-refractivity contribution in [2.24, 2.45) is 0 Å². The molecule has 0 amide bonds. The van der Waals surface area contributed by atoms with Gasteiger partial charge in [-0.05, 0) is 141 Å². The molecule has 3 atom stereocenters. The van der Waals surface area contributed by atoms with E-state index in [9.17, 15) is 217 Å². The number of carbonyl (C=O) groups excluding carboxylic acids is 4. The Morgan fingerprint density at radius 1 is 0.263 bits per heavy atom. The van der Waals surface area contributed by atoms with Crippen molar-refractivity contribution in [3.63, 3.8) is 0 Å². The van der Waals surface area contributed by atoms with Gasteiger partial charge in [-0.2, -0.15) is 189 Å². The summed E-state index contributed by atoms with van der Waals surface area (Å²) in [6, 6.07) is 41.6.